The first-order valence-corrected chi connectivity index (χ1v) is 10.5. The predicted octanol–water partition coefficient (Wildman–Crippen LogP) is 3.65. The molecule has 1 aromatic heterocycles. The number of amides is 3. The lowest BCUT2D eigenvalue weighted by molar-refractivity contribution is 0.0927. The van der Waals surface area contributed by atoms with Crippen molar-refractivity contribution < 1.29 is 14.4 Å². The van der Waals surface area contributed by atoms with E-state index in [0.29, 0.717) is 35.6 Å². The van der Waals surface area contributed by atoms with Crippen molar-refractivity contribution in [2.75, 3.05) is 18.4 Å². The quantitative estimate of drug-likeness (QED) is 0.384. The Bertz CT molecular complexity index is 1290. The molecule has 0 unspecified atom stereocenters. The number of carbonyl (C=O) groups excluding carboxylic acids is 3. The molecule has 3 aromatic carbocycles. The van der Waals surface area contributed by atoms with Crippen molar-refractivity contribution in [1.82, 2.24) is 15.6 Å². The second-order valence-electron chi connectivity index (χ2n) is 7.30. The molecule has 0 spiro atoms. The number of hydrogen-bond donors (Lipinski definition) is 3. The molecule has 0 atom stereocenters. The van der Waals surface area contributed by atoms with Crippen LogP contribution in [0.1, 0.15) is 31.2 Å². The normalized spacial score (nSPS) is 10.4. The molecule has 33 heavy (non-hydrogen) atoms. The van der Waals surface area contributed by atoms with Crippen molar-refractivity contribution >= 4 is 34.3 Å². The SMILES string of the molecule is O=C(NCCNC(=O)c1ccc(NC(=O)c2ccc3ccccc3n2)cc1)c1ccccc1. The van der Waals surface area contributed by atoms with E-state index < -0.39 is 0 Å². The van der Waals surface area contributed by atoms with Crippen molar-refractivity contribution in [2.24, 2.45) is 0 Å². The number of benzene rings is 3. The standard InChI is InChI=1S/C26H22N4O3/c31-24(19-7-2-1-3-8-19)27-16-17-28-25(32)20-10-13-21(14-11-20)29-26(33)23-15-12-18-6-4-5-9-22(18)30-23/h1-15H,16-17H2,(H,27,31)(H,28,32)(H,29,33). The van der Waals surface area contributed by atoms with Crippen LogP contribution in [0.2, 0.25) is 0 Å². The summed E-state index contributed by atoms with van der Waals surface area (Å²) in [6, 6.07) is 26.6. The highest BCUT2D eigenvalue weighted by molar-refractivity contribution is 6.04. The van der Waals surface area contributed by atoms with Crippen molar-refractivity contribution in [3.05, 3.63) is 108 Å². The van der Waals surface area contributed by atoms with Crippen LogP contribution in [0.4, 0.5) is 5.69 Å². The van der Waals surface area contributed by atoms with E-state index in [9.17, 15) is 14.4 Å². The molecule has 3 N–H and O–H groups in total. The fourth-order valence-corrected chi connectivity index (χ4v) is 3.24. The van der Waals surface area contributed by atoms with Gasteiger partial charge in [-0.3, -0.25) is 14.4 Å². The van der Waals surface area contributed by atoms with Crippen LogP contribution in [0, 0.1) is 0 Å². The highest BCUT2D eigenvalue weighted by atomic mass is 16.2. The minimum atomic E-state index is -0.327. The van der Waals surface area contributed by atoms with E-state index >= 15 is 0 Å². The van der Waals surface area contributed by atoms with Crippen LogP contribution in [0.3, 0.4) is 0 Å². The summed E-state index contributed by atoms with van der Waals surface area (Å²) in [4.78, 5) is 41.2. The summed E-state index contributed by atoms with van der Waals surface area (Å²) in [6.45, 7) is 0.607. The van der Waals surface area contributed by atoms with Crippen LogP contribution in [0.5, 0.6) is 0 Å². The smallest absolute Gasteiger partial charge is 0.274 e. The largest absolute Gasteiger partial charge is 0.350 e. The first kappa shape index (κ1) is 21.7. The molecule has 1 heterocycles. The lowest BCUT2D eigenvalue weighted by Gasteiger charge is -2.09. The van der Waals surface area contributed by atoms with Gasteiger partial charge in [-0.25, -0.2) is 4.98 Å². The van der Waals surface area contributed by atoms with Crippen LogP contribution in [-0.2, 0) is 0 Å². The second kappa shape index (κ2) is 10.2. The van der Waals surface area contributed by atoms with E-state index in [1.807, 2.05) is 36.4 Å². The van der Waals surface area contributed by atoms with Crippen LogP contribution >= 0.6 is 0 Å². The average Bonchev–Trinajstić information content (AvgIpc) is 2.87. The van der Waals surface area contributed by atoms with Gasteiger partial charge in [0.15, 0.2) is 0 Å². The number of pyridine rings is 1. The Morgan fingerprint density at radius 3 is 1.91 bits per heavy atom. The van der Waals surface area contributed by atoms with Gasteiger partial charge in [-0.1, -0.05) is 42.5 Å². The molecular formula is C26H22N4O3. The average molecular weight is 438 g/mol. The monoisotopic (exact) mass is 438 g/mol. The zero-order valence-electron chi connectivity index (χ0n) is 17.7. The van der Waals surface area contributed by atoms with Gasteiger partial charge in [-0.15, -0.1) is 0 Å². The van der Waals surface area contributed by atoms with Crippen molar-refractivity contribution in [3.63, 3.8) is 0 Å². The summed E-state index contributed by atoms with van der Waals surface area (Å²) in [6.07, 6.45) is 0. The van der Waals surface area contributed by atoms with E-state index in [-0.39, 0.29) is 17.7 Å². The lowest BCUT2D eigenvalue weighted by atomic mass is 10.2. The second-order valence-corrected chi connectivity index (χ2v) is 7.30. The number of aromatic nitrogens is 1. The van der Waals surface area contributed by atoms with E-state index in [4.69, 9.17) is 0 Å². The van der Waals surface area contributed by atoms with Crippen LogP contribution in [-0.4, -0.2) is 35.8 Å². The molecule has 3 amide bonds. The molecule has 0 aliphatic rings. The van der Waals surface area contributed by atoms with Gasteiger partial charge in [0.05, 0.1) is 5.52 Å². The molecule has 0 aliphatic carbocycles. The minimum Gasteiger partial charge on any atom is -0.350 e. The Morgan fingerprint density at radius 2 is 1.21 bits per heavy atom. The van der Waals surface area contributed by atoms with E-state index in [2.05, 4.69) is 20.9 Å². The van der Waals surface area contributed by atoms with Crippen LogP contribution < -0.4 is 16.0 Å². The molecule has 0 fully saturated rings. The van der Waals surface area contributed by atoms with Crippen molar-refractivity contribution in [3.8, 4) is 0 Å². The van der Waals surface area contributed by atoms with E-state index in [0.717, 1.165) is 10.9 Å². The predicted molar refractivity (Wildman–Crippen MR) is 127 cm³/mol. The van der Waals surface area contributed by atoms with Gasteiger partial charge in [0, 0.05) is 35.3 Å². The van der Waals surface area contributed by atoms with Gasteiger partial charge < -0.3 is 16.0 Å². The molecule has 7 heteroatoms. The zero-order valence-corrected chi connectivity index (χ0v) is 17.7. The Labute approximate surface area is 190 Å². The number of para-hydroxylation sites is 1. The topological polar surface area (TPSA) is 100 Å². The van der Waals surface area contributed by atoms with Gasteiger partial charge in [-0.05, 0) is 48.5 Å². The van der Waals surface area contributed by atoms with Gasteiger partial charge in [0.25, 0.3) is 17.7 Å². The van der Waals surface area contributed by atoms with Crippen molar-refractivity contribution in [1.29, 1.82) is 0 Å². The summed E-state index contributed by atoms with van der Waals surface area (Å²) in [5, 5.41) is 9.26. The summed E-state index contributed by atoms with van der Waals surface area (Å²) in [5.74, 6) is -0.781. The number of rotatable bonds is 7. The van der Waals surface area contributed by atoms with E-state index in [1.54, 1.807) is 54.6 Å². The molecule has 0 bridgehead atoms. The molecule has 0 saturated heterocycles. The molecule has 0 aliphatic heterocycles. The number of nitrogens with zero attached hydrogens (tertiary/aromatic N) is 1. The number of carbonyl (C=O) groups is 3. The van der Waals surface area contributed by atoms with Gasteiger partial charge in [0.2, 0.25) is 0 Å². The Hall–Kier alpha value is -4.52. The molecule has 4 rings (SSSR count). The Kier molecular flexibility index (Phi) is 6.70. The summed E-state index contributed by atoms with van der Waals surface area (Å²) in [7, 11) is 0. The molecular weight excluding hydrogens is 416 g/mol. The van der Waals surface area contributed by atoms with Gasteiger partial charge in [-0.2, -0.15) is 0 Å². The maximum Gasteiger partial charge on any atom is 0.274 e. The highest BCUT2D eigenvalue weighted by Crippen LogP contribution is 2.14. The maximum absolute atomic E-state index is 12.5. The zero-order chi connectivity index (χ0) is 23.0. The molecule has 4 aromatic rings. The third-order valence-electron chi connectivity index (χ3n) is 4.97. The number of anilines is 1. The molecule has 7 nitrogen and oxygen atoms in total. The number of hydrogen-bond acceptors (Lipinski definition) is 4. The fourth-order valence-electron chi connectivity index (χ4n) is 3.24. The summed E-state index contributed by atoms with van der Waals surface area (Å²) in [5.41, 5.74) is 2.64. The first-order chi connectivity index (χ1) is 16.1. The van der Waals surface area contributed by atoms with Gasteiger partial charge in [0.1, 0.15) is 5.69 Å². The molecule has 164 valence electrons. The highest BCUT2D eigenvalue weighted by Gasteiger charge is 2.10. The minimum absolute atomic E-state index is 0.189. The molecule has 0 radical (unpaired) electrons. The Morgan fingerprint density at radius 1 is 0.606 bits per heavy atom. The third-order valence-corrected chi connectivity index (χ3v) is 4.97. The Balaban J connectivity index is 1.27. The summed E-state index contributed by atoms with van der Waals surface area (Å²) >= 11 is 0. The van der Waals surface area contributed by atoms with Crippen molar-refractivity contribution in [2.45, 2.75) is 0 Å². The summed E-state index contributed by atoms with van der Waals surface area (Å²) < 4.78 is 0. The van der Waals surface area contributed by atoms with Crippen LogP contribution in [0.15, 0.2) is 91.0 Å². The van der Waals surface area contributed by atoms with Crippen LogP contribution in [0.25, 0.3) is 10.9 Å². The third kappa shape index (κ3) is 5.59. The molecule has 0 saturated carbocycles. The fraction of sp³-hybridized carbons (Fsp3) is 0.0769. The van der Waals surface area contributed by atoms with E-state index in [1.165, 1.54) is 0 Å². The number of nitrogens with one attached hydrogen (secondary N) is 3. The van der Waals surface area contributed by atoms with Gasteiger partial charge >= 0.3 is 0 Å². The maximum atomic E-state index is 12.5. The first-order valence-electron chi connectivity index (χ1n) is 10.5. The number of fused-ring (bicyclic) bond motifs is 1. The lowest BCUT2D eigenvalue weighted by Crippen LogP contribution is -2.34.